The van der Waals surface area contributed by atoms with Gasteiger partial charge in [-0.2, -0.15) is 13.2 Å². The van der Waals surface area contributed by atoms with Crippen molar-refractivity contribution in [1.29, 1.82) is 0 Å². The molecule has 0 heterocycles. The summed E-state index contributed by atoms with van der Waals surface area (Å²) in [4.78, 5) is 36.0. The van der Waals surface area contributed by atoms with Crippen molar-refractivity contribution in [2.75, 3.05) is 13.2 Å². The molecule has 0 aromatic heterocycles. The number of hydrogen-bond donors (Lipinski definition) is 1. The molecule has 0 aliphatic heterocycles. The van der Waals surface area contributed by atoms with Crippen LogP contribution in [0.15, 0.2) is 54.6 Å². The number of esters is 1. The molecule has 0 aliphatic rings. The van der Waals surface area contributed by atoms with E-state index in [-0.39, 0.29) is 11.1 Å². The molecular weight excluding hydrogens is 351 g/mol. The van der Waals surface area contributed by atoms with Gasteiger partial charge in [0.1, 0.15) is 6.54 Å². The van der Waals surface area contributed by atoms with Crippen LogP contribution in [0.1, 0.15) is 26.3 Å². The minimum atomic E-state index is -4.56. The quantitative estimate of drug-likeness (QED) is 0.631. The van der Waals surface area contributed by atoms with E-state index in [1.165, 1.54) is 18.2 Å². The molecular formula is C18H14F3NO4. The van der Waals surface area contributed by atoms with Crippen LogP contribution in [0.3, 0.4) is 0 Å². The standard InChI is InChI=1S/C18H14F3NO4/c19-18(20,21)11-22-15(23)10-26-17(25)14-9-5-4-8-13(14)16(24)12-6-2-1-3-7-12/h1-9H,10-11H2,(H,22,23). The van der Waals surface area contributed by atoms with Crippen LogP contribution in [0.4, 0.5) is 13.2 Å². The molecule has 2 rings (SSSR count). The Morgan fingerprint density at radius 2 is 1.46 bits per heavy atom. The SMILES string of the molecule is O=C(COC(=O)c1ccccc1C(=O)c1ccccc1)NCC(F)(F)F. The summed E-state index contributed by atoms with van der Waals surface area (Å²) < 4.78 is 40.8. The van der Waals surface area contributed by atoms with Crippen LogP contribution in [0.25, 0.3) is 0 Å². The van der Waals surface area contributed by atoms with E-state index in [0.717, 1.165) is 0 Å². The molecule has 2 aromatic carbocycles. The average Bonchev–Trinajstić information content (AvgIpc) is 2.64. The van der Waals surface area contributed by atoms with Gasteiger partial charge in [-0.15, -0.1) is 0 Å². The van der Waals surface area contributed by atoms with E-state index in [1.807, 2.05) is 0 Å². The van der Waals surface area contributed by atoms with E-state index in [0.29, 0.717) is 5.56 Å². The molecule has 0 bridgehead atoms. The molecule has 0 unspecified atom stereocenters. The number of hydrogen-bond acceptors (Lipinski definition) is 4. The number of alkyl halides is 3. The van der Waals surface area contributed by atoms with Crippen molar-refractivity contribution in [3.8, 4) is 0 Å². The highest BCUT2D eigenvalue weighted by Gasteiger charge is 2.28. The van der Waals surface area contributed by atoms with Gasteiger partial charge in [0.15, 0.2) is 12.4 Å². The summed E-state index contributed by atoms with van der Waals surface area (Å²) in [6.07, 6.45) is -4.56. The Morgan fingerprint density at radius 3 is 2.08 bits per heavy atom. The lowest BCUT2D eigenvalue weighted by Gasteiger charge is -2.10. The van der Waals surface area contributed by atoms with Crippen molar-refractivity contribution < 1.29 is 32.3 Å². The maximum absolute atomic E-state index is 12.5. The fourth-order valence-corrected chi connectivity index (χ4v) is 2.06. The molecule has 136 valence electrons. The number of carbonyl (C=O) groups is 3. The van der Waals surface area contributed by atoms with Crippen LogP contribution >= 0.6 is 0 Å². The molecule has 26 heavy (non-hydrogen) atoms. The minimum Gasteiger partial charge on any atom is -0.452 e. The van der Waals surface area contributed by atoms with Crippen molar-refractivity contribution in [1.82, 2.24) is 5.32 Å². The first kappa shape index (κ1) is 19.2. The number of ether oxygens (including phenoxy) is 1. The first-order chi connectivity index (χ1) is 12.3. The topological polar surface area (TPSA) is 72.5 Å². The van der Waals surface area contributed by atoms with Gasteiger partial charge in [0.05, 0.1) is 5.56 Å². The predicted octanol–water partition coefficient (Wildman–Crippen LogP) is 2.75. The lowest BCUT2D eigenvalue weighted by molar-refractivity contribution is -0.140. The first-order valence-electron chi connectivity index (χ1n) is 7.47. The molecule has 5 nitrogen and oxygen atoms in total. The number of carbonyl (C=O) groups excluding carboxylic acids is 3. The van der Waals surface area contributed by atoms with Crippen LogP contribution in [-0.2, 0) is 9.53 Å². The Labute approximate surface area is 146 Å². The summed E-state index contributed by atoms with van der Waals surface area (Å²) >= 11 is 0. The van der Waals surface area contributed by atoms with Crippen LogP contribution in [0, 0.1) is 0 Å². The number of benzene rings is 2. The Morgan fingerprint density at radius 1 is 0.885 bits per heavy atom. The molecule has 1 amide bonds. The molecule has 0 spiro atoms. The zero-order valence-electron chi connectivity index (χ0n) is 13.4. The van der Waals surface area contributed by atoms with Crippen molar-refractivity contribution in [2.24, 2.45) is 0 Å². The van der Waals surface area contributed by atoms with Crippen molar-refractivity contribution in [2.45, 2.75) is 6.18 Å². The fraction of sp³-hybridized carbons (Fsp3) is 0.167. The number of amides is 1. The van der Waals surface area contributed by atoms with Crippen molar-refractivity contribution in [3.05, 3.63) is 71.3 Å². The smallest absolute Gasteiger partial charge is 0.405 e. The second-order valence-electron chi connectivity index (χ2n) is 5.21. The lowest BCUT2D eigenvalue weighted by atomic mass is 9.98. The normalized spacial score (nSPS) is 10.9. The van der Waals surface area contributed by atoms with E-state index >= 15 is 0 Å². The third-order valence-corrected chi connectivity index (χ3v) is 3.25. The van der Waals surface area contributed by atoms with Gasteiger partial charge in [0, 0.05) is 11.1 Å². The van der Waals surface area contributed by atoms with E-state index in [9.17, 15) is 27.6 Å². The van der Waals surface area contributed by atoms with E-state index in [2.05, 4.69) is 0 Å². The van der Waals surface area contributed by atoms with Crippen LogP contribution in [0.2, 0.25) is 0 Å². The Balaban J connectivity index is 2.06. The summed E-state index contributed by atoms with van der Waals surface area (Å²) in [6, 6.07) is 14.0. The second kappa shape index (κ2) is 8.28. The third-order valence-electron chi connectivity index (χ3n) is 3.25. The number of rotatable bonds is 6. The Bertz CT molecular complexity index is 804. The zero-order chi connectivity index (χ0) is 19.2. The molecule has 1 N–H and O–H groups in total. The number of halogens is 3. The monoisotopic (exact) mass is 365 g/mol. The predicted molar refractivity (Wildman–Crippen MR) is 85.7 cm³/mol. The highest BCUT2D eigenvalue weighted by molar-refractivity contribution is 6.14. The zero-order valence-corrected chi connectivity index (χ0v) is 13.4. The Kier molecular flexibility index (Phi) is 6.11. The van der Waals surface area contributed by atoms with Gasteiger partial charge >= 0.3 is 12.1 Å². The maximum Gasteiger partial charge on any atom is 0.405 e. The molecule has 0 aliphatic carbocycles. The number of ketones is 1. The van der Waals surface area contributed by atoms with Gasteiger partial charge in [-0.05, 0) is 6.07 Å². The molecule has 8 heteroatoms. The highest BCUT2D eigenvalue weighted by atomic mass is 19.4. The molecule has 0 saturated heterocycles. The maximum atomic E-state index is 12.5. The fourth-order valence-electron chi connectivity index (χ4n) is 2.06. The minimum absolute atomic E-state index is 0.0689. The van der Waals surface area contributed by atoms with E-state index < -0.39 is 37.0 Å². The van der Waals surface area contributed by atoms with Gasteiger partial charge in [0.2, 0.25) is 0 Å². The van der Waals surface area contributed by atoms with Gasteiger partial charge in [-0.25, -0.2) is 4.79 Å². The van der Waals surface area contributed by atoms with Crippen LogP contribution in [-0.4, -0.2) is 37.0 Å². The molecule has 0 saturated carbocycles. The molecule has 0 atom stereocenters. The van der Waals surface area contributed by atoms with Gasteiger partial charge in [0.25, 0.3) is 5.91 Å². The molecule has 0 radical (unpaired) electrons. The summed E-state index contributed by atoms with van der Waals surface area (Å²) in [5.74, 6) is -2.49. The van der Waals surface area contributed by atoms with Gasteiger partial charge < -0.3 is 10.1 Å². The summed E-state index contributed by atoms with van der Waals surface area (Å²) in [5.41, 5.74) is 0.347. The average molecular weight is 365 g/mol. The summed E-state index contributed by atoms with van der Waals surface area (Å²) in [7, 11) is 0. The number of nitrogens with one attached hydrogen (secondary N) is 1. The highest BCUT2D eigenvalue weighted by Crippen LogP contribution is 2.16. The summed E-state index contributed by atoms with van der Waals surface area (Å²) in [6.45, 7) is -2.41. The van der Waals surface area contributed by atoms with Crippen molar-refractivity contribution >= 4 is 17.7 Å². The van der Waals surface area contributed by atoms with Gasteiger partial charge in [-0.3, -0.25) is 9.59 Å². The van der Waals surface area contributed by atoms with Gasteiger partial charge in [-0.1, -0.05) is 48.5 Å². The van der Waals surface area contributed by atoms with Crippen molar-refractivity contribution in [3.63, 3.8) is 0 Å². The summed E-state index contributed by atoms with van der Waals surface area (Å²) in [5, 5.41) is 1.58. The Hall–Kier alpha value is -3.16. The van der Waals surface area contributed by atoms with E-state index in [1.54, 1.807) is 41.7 Å². The van der Waals surface area contributed by atoms with Crippen LogP contribution in [0.5, 0.6) is 0 Å². The molecule has 2 aromatic rings. The third kappa shape index (κ3) is 5.44. The largest absolute Gasteiger partial charge is 0.452 e. The van der Waals surface area contributed by atoms with Crippen LogP contribution < -0.4 is 5.32 Å². The first-order valence-corrected chi connectivity index (χ1v) is 7.47. The second-order valence-corrected chi connectivity index (χ2v) is 5.21. The molecule has 0 fully saturated rings. The lowest BCUT2D eigenvalue weighted by Crippen LogP contribution is -2.36. The van der Waals surface area contributed by atoms with E-state index in [4.69, 9.17) is 4.74 Å².